The zero-order chi connectivity index (χ0) is 19.0. The highest BCUT2D eigenvalue weighted by Gasteiger charge is 2.29. The van der Waals surface area contributed by atoms with Crippen LogP contribution >= 0.6 is 11.3 Å². The van der Waals surface area contributed by atoms with Gasteiger partial charge in [-0.1, -0.05) is 0 Å². The Hall–Kier alpha value is -2.13. The predicted octanol–water partition coefficient (Wildman–Crippen LogP) is 3.19. The van der Waals surface area contributed by atoms with Crippen LogP contribution in [0.25, 0.3) is 11.4 Å². The van der Waals surface area contributed by atoms with E-state index in [0.717, 1.165) is 16.3 Å². The van der Waals surface area contributed by atoms with Gasteiger partial charge in [0.2, 0.25) is 0 Å². The Balaban J connectivity index is 1.73. The molecule has 142 valence electrons. The minimum absolute atomic E-state index is 0.0773. The van der Waals surface area contributed by atoms with Gasteiger partial charge in [-0.2, -0.15) is 5.10 Å². The number of hydrogen-bond donors (Lipinski definition) is 0. The first-order valence-corrected chi connectivity index (χ1v) is 11.4. The van der Waals surface area contributed by atoms with E-state index in [4.69, 9.17) is 0 Å². The van der Waals surface area contributed by atoms with Gasteiger partial charge in [0, 0.05) is 23.1 Å². The topological polar surface area (TPSA) is 77.7 Å². The molecule has 1 aliphatic rings. The molecule has 1 aromatic carbocycles. The Kier molecular flexibility index (Phi) is 4.81. The number of aromatic nitrogens is 4. The van der Waals surface area contributed by atoms with E-state index in [2.05, 4.69) is 15.1 Å². The number of hydrogen-bond acceptors (Lipinski definition) is 6. The van der Waals surface area contributed by atoms with Gasteiger partial charge in [0.25, 0.3) is 0 Å². The van der Waals surface area contributed by atoms with Crippen molar-refractivity contribution in [3.05, 3.63) is 52.0 Å². The zero-order valence-corrected chi connectivity index (χ0v) is 16.4. The van der Waals surface area contributed by atoms with Crippen LogP contribution in [0.1, 0.15) is 34.6 Å². The van der Waals surface area contributed by atoms with E-state index in [1.165, 1.54) is 12.1 Å². The first-order valence-electron chi connectivity index (χ1n) is 8.73. The Morgan fingerprint density at radius 2 is 2.07 bits per heavy atom. The lowest BCUT2D eigenvalue weighted by Gasteiger charge is -2.23. The summed E-state index contributed by atoms with van der Waals surface area (Å²) in [6.45, 7) is 1.94. The standard InChI is InChI=1S/C18H19FN4O2S2/c1-12-20-10-16(26-12)9-17-21-18(13-4-6-14(19)7-5-13)22-23(17)15-3-2-8-27(24,25)11-15/h4-7,10,15H,2-3,8-9,11H2,1H3. The summed E-state index contributed by atoms with van der Waals surface area (Å²) in [5.41, 5.74) is 0.704. The molecule has 0 radical (unpaired) electrons. The minimum Gasteiger partial charge on any atom is -0.250 e. The highest BCUT2D eigenvalue weighted by Crippen LogP contribution is 2.27. The van der Waals surface area contributed by atoms with Crippen LogP contribution in [0.3, 0.4) is 0 Å². The quantitative estimate of drug-likeness (QED) is 0.665. The summed E-state index contributed by atoms with van der Waals surface area (Å²) in [5, 5.41) is 5.57. The number of halogens is 1. The Bertz CT molecular complexity index is 1060. The minimum atomic E-state index is -3.07. The smallest absolute Gasteiger partial charge is 0.181 e. The molecule has 1 saturated heterocycles. The van der Waals surface area contributed by atoms with E-state index in [0.29, 0.717) is 30.1 Å². The molecule has 0 amide bonds. The van der Waals surface area contributed by atoms with Gasteiger partial charge in [0.1, 0.15) is 11.6 Å². The third-order valence-electron chi connectivity index (χ3n) is 4.59. The summed E-state index contributed by atoms with van der Waals surface area (Å²) in [7, 11) is -3.07. The van der Waals surface area contributed by atoms with Crippen LogP contribution in [0.5, 0.6) is 0 Å². The third kappa shape index (κ3) is 4.08. The fraction of sp³-hybridized carbons (Fsp3) is 0.389. The normalized spacial score (nSPS) is 19.3. The molecule has 0 saturated carbocycles. The molecule has 4 rings (SSSR count). The van der Waals surface area contributed by atoms with Crippen molar-refractivity contribution in [2.24, 2.45) is 0 Å². The van der Waals surface area contributed by atoms with Crippen molar-refractivity contribution in [1.29, 1.82) is 0 Å². The molecule has 1 aliphatic heterocycles. The molecular formula is C18H19FN4O2S2. The largest absolute Gasteiger partial charge is 0.250 e. The van der Waals surface area contributed by atoms with Crippen LogP contribution < -0.4 is 0 Å². The Morgan fingerprint density at radius 3 is 2.74 bits per heavy atom. The van der Waals surface area contributed by atoms with E-state index in [1.54, 1.807) is 28.2 Å². The van der Waals surface area contributed by atoms with Crippen LogP contribution in [0.4, 0.5) is 4.39 Å². The lowest BCUT2D eigenvalue weighted by molar-refractivity contribution is 0.423. The molecule has 0 spiro atoms. The Labute approximate surface area is 161 Å². The van der Waals surface area contributed by atoms with Gasteiger partial charge in [-0.15, -0.1) is 11.3 Å². The van der Waals surface area contributed by atoms with E-state index in [9.17, 15) is 12.8 Å². The number of nitrogens with zero attached hydrogens (tertiary/aromatic N) is 4. The predicted molar refractivity (Wildman–Crippen MR) is 102 cm³/mol. The molecular weight excluding hydrogens is 387 g/mol. The second kappa shape index (κ2) is 7.12. The highest BCUT2D eigenvalue weighted by molar-refractivity contribution is 7.91. The molecule has 0 aliphatic carbocycles. The lowest BCUT2D eigenvalue weighted by Crippen LogP contribution is -2.29. The third-order valence-corrected chi connectivity index (χ3v) is 7.31. The summed E-state index contributed by atoms with van der Waals surface area (Å²) in [6, 6.07) is 5.77. The van der Waals surface area contributed by atoms with E-state index in [-0.39, 0.29) is 23.4 Å². The molecule has 27 heavy (non-hydrogen) atoms. The molecule has 0 bridgehead atoms. The van der Waals surface area contributed by atoms with E-state index < -0.39 is 9.84 Å². The van der Waals surface area contributed by atoms with Gasteiger partial charge in [0.05, 0.1) is 22.6 Å². The van der Waals surface area contributed by atoms with Crippen LogP contribution in [0, 0.1) is 12.7 Å². The maximum Gasteiger partial charge on any atom is 0.181 e. The molecule has 3 heterocycles. The van der Waals surface area contributed by atoms with Gasteiger partial charge < -0.3 is 0 Å². The average Bonchev–Trinajstić information content (AvgIpc) is 3.21. The molecule has 3 aromatic rings. The van der Waals surface area contributed by atoms with Crippen molar-refractivity contribution in [2.75, 3.05) is 11.5 Å². The fourth-order valence-corrected chi connectivity index (χ4v) is 5.78. The molecule has 9 heteroatoms. The Morgan fingerprint density at radius 1 is 1.30 bits per heavy atom. The molecule has 1 atom stereocenters. The zero-order valence-electron chi connectivity index (χ0n) is 14.8. The molecule has 6 nitrogen and oxygen atoms in total. The van der Waals surface area contributed by atoms with Crippen molar-refractivity contribution in [1.82, 2.24) is 19.7 Å². The summed E-state index contributed by atoms with van der Waals surface area (Å²) in [4.78, 5) is 9.97. The van der Waals surface area contributed by atoms with Crippen molar-refractivity contribution in [2.45, 2.75) is 32.2 Å². The van der Waals surface area contributed by atoms with Gasteiger partial charge >= 0.3 is 0 Å². The SMILES string of the molecule is Cc1ncc(Cc2nc(-c3ccc(F)cc3)nn2C2CCCS(=O)(=O)C2)s1. The van der Waals surface area contributed by atoms with Gasteiger partial charge in [-0.25, -0.2) is 27.5 Å². The number of rotatable bonds is 4. The molecule has 1 unspecified atom stereocenters. The second-order valence-corrected chi connectivity index (χ2v) is 10.3. The monoisotopic (exact) mass is 406 g/mol. The van der Waals surface area contributed by atoms with Crippen LogP contribution in [0.2, 0.25) is 0 Å². The molecule has 1 fully saturated rings. The number of sulfone groups is 1. The van der Waals surface area contributed by atoms with E-state index >= 15 is 0 Å². The highest BCUT2D eigenvalue weighted by atomic mass is 32.2. The summed E-state index contributed by atoms with van der Waals surface area (Å²) in [6.07, 6.45) is 3.72. The lowest BCUT2D eigenvalue weighted by atomic mass is 10.2. The number of thiazole rings is 1. The van der Waals surface area contributed by atoms with Crippen molar-refractivity contribution in [3.8, 4) is 11.4 Å². The van der Waals surface area contributed by atoms with Gasteiger partial charge in [-0.3, -0.25) is 0 Å². The van der Waals surface area contributed by atoms with Crippen LogP contribution in [-0.2, 0) is 16.3 Å². The first kappa shape index (κ1) is 18.2. The maximum absolute atomic E-state index is 13.2. The summed E-state index contributed by atoms with van der Waals surface area (Å²) >= 11 is 1.58. The van der Waals surface area contributed by atoms with Crippen molar-refractivity contribution >= 4 is 21.2 Å². The number of aryl methyl sites for hydroxylation is 1. The summed E-state index contributed by atoms with van der Waals surface area (Å²) < 4.78 is 39.2. The van der Waals surface area contributed by atoms with Crippen LogP contribution in [-0.4, -0.2) is 39.7 Å². The van der Waals surface area contributed by atoms with Crippen LogP contribution in [0.15, 0.2) is 30.5 Å². The number of benzene rings is 1. The first-order chi connectivity index (χ1) is 12.9. The van der Waals surface area contributed by atoms with Crippen molar-refractivity contribution in [3.63, 3.8) is 0 Å². The van der Waals surface area contributed by atoms with Gasteiger partial charge in [0.15, 0.2) is 15.7 Å². The van der Waals surface area contributed by atoms with Gasteiger partial charge in [-0.05, 0) is 44.0 Å². The average molecular weight is 407 g/mol. The van der Waals surface area contributed by atoms with Crippen molar-refractivity contribution < 1.29 is 12.8 Å². The fourth-order valence-electron chi connectivity index (χ4n) is 3.32. The molecule has 0 N–H and O–H groups in total. The second-order valence-electron chi connectivity index (χ2n) is 6.74. The van der Waals surface area contributed by atoms with E-state index in [1.807, 2.05) is 13.1 Å². The molecule has 2 aromatic heterocycles. The maximum atomic E-state index is 13.2. The summed E-state index contributed by atoms with van der Waals surface area (Å²) in [5.74, 6) is 1.17.